The summed E-state index contributed by atoms with van der Waals surface area (Å²) in [5.74, 6) is -0.723. The standard InChI is InChI=1S/C19H38O5S/c1-3-5-7-9-10-11-12-13-14-16-18-23-25(21,22)24-19(20)17-15-8-6-4-2/h3-18H2,1-2H3. The van der Waals surface area contributed by atoms with Crippen molar-refractivity contribution in [3.8, 4) is 0 Å². The van der Waals surface area contributed by atoms with Crippen molar-refractivity contribution in [3.05, 3.63) is 0 Å². The molecule has 0 atom stereocenters. The van der Waals surface area contributed by atoms with Crippen LogP contribution in [-0.4, -0.2) is 21.0 Å². The maximum Gasteiger partial charge on any atom is 0.451 e. The van der Waals surface area contributed by atoms with Gasteiger partial charge in [0.1, 0.15) is 0 Å². The Hall–Kier alpha value is -0.620. The van der Waals surface area contributed by atoms with Crippen LogP contribution in [0.3, 0.4) is 0 Å². The second kappa shape index (κ2) is 16.8. The summed E-state index contributed by atoms with van der Waals surface area (Å²) in [6, 6.07) is 0. The first-order valence-corrected chi connectivity index (χ1v) is 11.5. The molecule has 0 unspecified atom stereocenters. The molecular weight excluding hydrogens is 340 g/mol. The molecule has 0 saturated carbocycles. The van der Waals surface area contributed by atoms with Gasteiger partial charge in [0.25, 0.3) is 0 Å². The van der Waals surface area contributed by atoms with E-state index in [2.05, 4.69) is 18.0 Å². The minimum Gasteiger partial charge on any atom is -0.325 e. The number of hydrogen-bond acceptors (Lipinski definition) is 5. The quantitative estimate of drug-likeness (QED) is 0.287. The van der Waals surface area contributed by atoms with E-state index in [1.54, 1.807) is 0 Å². The van der Waals surface area contributed by atoms with E-state index in [-0.39, 0.29) is 13.0 Å². The predicted octanol–water partition coefficient (Wildman–Crippen LogP) is 5.68. The molecule has 0 aromatic heterocycles. The van der Waals surface area contributed by atoms with Crippen molar-refractivity contribution in [1.29, 1.82) is 0 Å². The van der Waals surface area contributed by atoms with E-state index in [1.165, 1.54) is 44.9 Å². The third-order valence-electron chi connectivity index (χ3n) is 4.16. The van der Waals surface area contributed by atoms with Crippen LogP contribution >= 0.6 is 0 Å². The van der Waals surface area contributed by atoms with Crippen molar-refractivity contribution in [2.24, 2.45) is 0 Å². The van der Waals surface area contributed by atoms with Crippen molar-refractivity contribution < 1.29 is 21.6 Å². The highest BCUT2D eigenvalue weighted by Crippen LogP contribution is 2.11. The van der Waals surface area contributed by atoms with Crippen LogP contribution in [0.4, 0.5) is 0 Å². The molecule has 0 bridgehead atoms. The molecule has 0 N–H and O–H groups in total. The molecule has 0 saturated heterocycles. The van der Waals surface area contributed by atoms with Gasteiger partial charge in [-0.1, -0.05) is 90.9 Å². The molecule has 0 aliphatic carbocycles. The minimum absolute atomic E-state index is 0.0853. The summed E-state index contributed by atoms with van der Waals surface area (Å²) in [6.07, 6.45) is 15.5. The molecule has 0 radical (unpaired) electrons. The second-order valence-corrected chi connectivity index (χ2v) is 7.90. The fourth-order valence-corrected chi connectivity index (χ4v) is 3.31. The molecular formula is C19H38O5S. The predicted molar refractivity (Wildman–Crippen MR) is 102 cm³/mol. The molecule has 0 rings (SSSR count). The number of hydrogen-bond donors (Lipinski definition) is 0. The fraction of sp³-hybridized carbons (Fsp3) is 0.947. The zero-order valence-electron chi connectivity index (χ0n) is 16.3. The Kier molecular flexibility index (Phi) is 16.4. The van der Waals surface area contributed by atoms with Crippen LogP contribution in [0.1, 0.15) is 110 Å². The van der Waals surface area contributed by atoms with Gasteiger partial charge in [-0.05, 0) is 12.8 Å². The monoisotopic (exact) mass is 378 g/mol. The summed E-state index contributed by atoms with van der Waals surface area (Å²) in [6.45, 7) is 4.38. The molecule has 5 nitrogen and oxygen atoms in total. The average Bonchev–Trinajstić information content (AvgIpc) is 2.56. The maximum absolute atomic E-state index is 11.5. The molecule has 0 aromatic carbocycles. The molecule has 150 valence electrons. The van der Waals surface area contributed by atoms with Crippen LogP contribution < -0.4 is 0 Å². The smallest absolute Gasteiger partial charge is 0.325 e. The van der Waals surface area contributed by atoms with Gasteiger partial charge in [-0.2, -0.15) is 8.42 Å². The first kappa shape index (κ1) is 24.4. The normalized spacial score (nSPS) is 11.6. The number of carbonyl (C=O) groups excluding carboxylic acids is 1. The fourth-order valence-electron chi connectivity index (χ4n) is 2.63. The van der Waals surface area contributed by atoms with Gasteiger partial charge < -0.3 is 4.18 Å². The van der Waals surface area contributed by atoms with Crippen molar-refractivity contribution in [2.45, 2.75) is 110 Å². The Morgan fingerprint density at radius 3 is 1.64 bits per heavy atom. The van der Waals surface area contributed by atoms with Crippen molar-refractivity contribution >= 4 is 16.4 Å². The zero-order chi connectivity index (χ0) is 18.8. The summed E-state index contributed by atoms with van der Waals surface area (Å²) in [5, 5.41) is 0. The highest BCUT2D eigenvalue weighted by Gasteiger charge is 2.17. The summed E-state index contributed by atoms with van der Waals surface area (Å²) in [5.41, 5.74) is 0. The van der Waals surface area contributed by atoms with Crippen LogP contribution in [0.15, 0.2) is 0 Å². The molecule has 0 amide bonds. The molecule has 0 heterocycles. The van der Waals surface area contributed by atoms with Gasteiger partial charge in [-0.15, -0.1) is 0 Å². The lowest BCUT2D eigenvalue weighted by Crippen LogP contribution is -2.16. The van der Waals surface area contributed by atoms with E-state index in [4.69, 9.17) is 4.18 Å². The summed E-state index contributed by atoms with van der Waals surface area (Å²) in [7, 11) is -4.18. The topological polar surface area (TPSA) is 69.7 Å². The molecule has 0 spiro atoms. The SMILES string of the molecule is CCCCCCCCCCCCOS(=O)(=O)OC(=O)CCCCCC. The van der Waals surface area contributed by atoms with E-state index in [1.807, 2.05) is 0 Å². The number of unbranched alkanes of at least 4 members (excludes halogenated alkanes) is 12. The van der Waals surface area contributed by atoms with Gasteiger partial charge in [0.2, 0.25) is 0 Å². The largest absolute Gasteiger partial charge is 0.451 e. The summed E-state index contributed by atoms with van der Waals surface area (Å²) in [4.78, 5) is 11.4. The van der Waals surface area contributed by atoms with Crippen molar-refractivity contribution in [1.82, 2.24) is 0 Å². The van der Waals surface area contributed by atoms with Gasteiger partial charge >= 0.3 is 16.4 Å². The number of carbonyl (C=O) groups is 1. The molecule has 0 fully saturated rings. The van der Waals surface area contributed by atoms with Gasteiger partial charge in [-0.25, -0.2) is 4.18 Å². The Morgan fingerprint density at radius 2 is 1.12 bits per heavy atom. The lowest BCUT2D eigenvalue weighted by atomic mass is 10.1. The van der Waals surface area contributed by atoms with Gasteiger partial charge in [-0.3, -0.25) is 4.79 Å². The Labute approximate surface area is 155 Å². The Bertz CT molecular complexity index is 406. The molecule has 0 aromatic rings. The lowest BCUT2D eigenvalue weighted by molar-refractivity contribution is -0.134. The Balaban J connectivity index is 3.51. The molecule has 0 aliphatic rings. The minimum atomic E-state index is -4.18. The lowest BCUT2D eigenvalue weighted by Gasteiger charge is -2.06. The van der Waals surface area contributed by atoms with Gasteiger partial charge in [0, 0.05) is 6.42 Å². The van der Waals surface area contributed by atoms with Crippen LogP contribution in [0, 0.1) is 0 Å². The van der Waals surface area contributed by atoms with E-state index in [0.29, 0.717) is 12.8 Å². The zero-order valence-corrected chi connectivity index (χ0v) is 17.1. The maximum atomic E-state index is 11.5. The van der Waals surface area contributed by atoms with E-state index < -0.39 is 16.4 Å². The van der Waals surface area contributed by atoms with Gasteiger partial charge in [0.15, 0.2) is 0 Å². The summed E-state index contributed by atoms with van der Waals surface area (Å²) >= 11 is 0. The van der Waals surface area contributed by atoms with Crippen LogP contribution in [0.2, 0.25) is 0 Å². The Morgan fingerprint density at radius 1 is 0.680 bits per heavy atom. The third kappa shape index (κ3) is 18.0. The van der Waals surface area contributed by atoms with Crippen molar-refractivity contribution in [3.63, 3.8) is 0 Å². The average molecular weight is 379 g/mol. The van der Waals surface area contributed by atoms with Gasteiger partial charge in [0.05, 0.1) is 6.61 Å². The highest BCUT2D eigenvalue weighted by molar-refractivity contribution is 7.82. The highest BCUT2D eigenvalue weighted by atomic mass is 32.3. The number of rotatable bonds is 18. The van der Waals surface area contributed by atoms with E-state index >= 15 is 0 Å². The van der Waals surface area contributed by atoms with Crippen LogP contribution in [0.5, 0.6) is 0 Å². The summed E-state index contributed by atoms with van der Waals surface area (Å²) < 4.78 is 32.2. The van der Waals surface area contributed by atoms with Crippen molar-refractivity contribution in [2.75, 3.05) is 6.61 Å². The first-order chi connectivity index (χ1) is 12.0. The van der Waals surface area contributed by atoms with E-state index in [0.717, 1.165) is 32.1 Å². The second-order valence-electron chi connectivity index (χ2n) is 6.68. The van der Waals surface area contributed by atoms with Crippen LogP contribution in [-0.2, 0) is 23.6 Å². The van der Waals surface area contributed by atoms with E-state index in [9.17, 15) is 13.2 Å². The first-order valence-electron chi connectivity index (χ1n) is 10.1. The third-order valence-corrected chi connectivity index (χ3v) is 5.00. The molecule has 25 heavy (non-hydrogen) atoms. The van der Waals surface area contributed by atoms with Crippen LogP contribution in [0.25, 0.3) is 0 Å². The molecule has 0 aliphatic heterocycles. The molecule has 6 heteroatoms.